The molecule has 4 rings (SSSR count). The van der Waals surface area contributed by atoms with Crippen LogP contribution in [-0.2, 0) is 9.59 Å². The van der Waals surface area contributed by atoms with Crippen molar-refractivity contribution in [3.8, 4) is 5.75 Å². The Morgan fingerprint density at radius 3 is 2.22 bits per heavy atom. The Labute approximate surface area is 193 Å². The third-order valence-electron chi connectivity index (χ3n) is 5.15. The van der Waals surface area contributed by atoms with Crippen LogP contribution in [-0.4, -0.2) is 23.9 Å². The van der Waals surface area contributed by atoms with Crippen LogP contribution in [0.25, 0.3) is 5.76 Å². The van der Waals surface area contributed by atoms with Crippen molar-refractivity contribution in [1.82, 2.24) is 0 Å². The predicted octanol–water partition coefficient (Wildman–Crippen LogP) is 5.77. The number of hydrogen-bond donors (Lipinski definition) is 1. The molecule has 1 amide bonds. The van der Waals surface area contributed by atoms with Gasteiger partial charge in [-0.3, -0.25) is 14.5 Å². The second-order valence-corrected chi connectivity index (χ2v) is 7.91. The van der Waals surface area contributed by atoms with Crippen LogP contribution in [0.4, 0.5) is 10.1 Å². The molecule has 1 unspecified atom stereocenters. The van der Waals surface area contributed by atoms with Gasteiger partial charge in [-0.05, 0) is 60.2 Å². The van der Waals surface area contributed by atoms with Gasteiger partial charge in [0.25, 0.3) is 11.7 Å². The Hall–Kier alpha value is -3.35. The zero-order valence-electron chi connectivity index (χ0n) is 16.7. The van der Waals surface area contributed by atoms with Crippen molar-refractivity contribution in [2.45, 2.75) is 6.04 Å². The number of amides is 1. The first kappa shape index (κ1) is 21.9. The zero-order valence-corrected chi connectivity index (χ0v) is 18.2. The summed E-state index contributed by atoms with van der Waals surface area (Å²) in [5, 5.41) is 12.0. The number of carbonyl (C=O) groups excluding carboxylic acids is 2. The Morgan fingerprint density at radius 1 is 0.969 bits per heavy atom. The number of hydrogen-bond acceptors (Lipinski definition) is 4. The summed E-state index contributed by atoms with van der Waals surface area (Å²) in [6.45, 7) is 0. The fourth-order valence-electron chi connectivity index (χ4n) is 3.67. The molecule has 8 heteroatoms. The van der Waals surface area contributed by atoms with Crippen molar-refractivity contribution in [2.24, 2.45) is 0 Å². The molecular formula is C24H16Cl2FNO4. The molecule has 1 N–H and O–H groups in total. The third kappa shape index (κ3) is 3.83. The number of anilines is 1. The highest BCUT2D eigenvalue weighted by molar-refractivity contribution is 6.51. The summed E-state index contributed by atoms with van der Waals surface area (Å²) in [6.07, 6.45) is 0. The molecule has 162 valence electrons. The highest BCUT2D eigenvalue weighted by Crippen LogP contribution is 2.43. The lowest BCUT2D eigenvalue weighted by molar-refractivity contribution is -0.132. The molecule has 1 aliphatic heterocycles. The highest BCUT2D eigenvalue weighted by Gasteiger charge is 2.47. The van der Waals surface area contributed by atoms with Gasteiger partial charge in [-0.15, -0.1) is 0 Å². The van der Waals surface area contributed by atoms with E-state index < -0.39 is 29.3 Å². The number of nitrogens with zero attached hydrogens (tertiary/aromatic N) is 1. The molecular weight excluding hydrogens is 456 g/mol. The molecule has 1 aliphatic rings. The maximum atomic E-state index is 13.5. The molecule has 1 atom stereocenters. The summed E-state index contributed by atoms with van der Waals surface area (Å²) in [5.74, 6) is -2.41. The minimum atomic E-state index is -0.985. The van der Waals surface area contributed by atoms with Gasteiger partial charge in [-0.2, -0.15) is 0 Å². The fraction of sp³-hybridized carbons (Fsp3) is 0.0833. The second-order valence-electron chi connectivity index (χ2n) is 7.04. The van der Waals surface area contributed by atoms with Crippen molar-refractivity contribution in [3.05, 3.63) is 99.3 Å². The molecule has 0 saturated carbocycles. The van der Waals surface area contributed by atoms with E-state index in [0.29, 0.717) is 21.3 Å². The number of aliphatic hydroxyl groups excluding tert-OH is 1. The first-order chi connectivity index (χ1) is 15.3. The van der Waals surface area contributed by atoms with Crippen LogP contribution in [0.2, 0.25) is 10.0 Å². The number of aliphatic hydroxyl groups is 1. The maximum Gasteiger partial charge on any atom is 0.300 e. The molecule has 1 fully saturated rings. The molecule has 3 aromatic carbocycles. The molecule has 1 saturated heterocycles. The van der Waals surface area contributed by atoms with Gasteiger partial charge in [-0.25, -0.2) is 4.39 Å². The van der Waals surface area contributed by atoms with E-state index in [1.54, 1.807) is 36.4 Å². The molecule has 32 heavy (non-hydrogen) atoms. The number of methoxy groups -OCH3 is 1. The number of ether oxygens (including phenoxy) is 1. The summed E-state index contributed by atoms with van der Waals surface area (Å²) in [6, 6.07) is 15.3. The molecule has 0 radical (unpaired) electrons. The minimum absolute atomic E-state index is 0.151. The van der Waals surface area contributed by atoms with Crippen LogP contribution in [0.1, 0.15) is 17.2 Å². The summed E-state index contributed by atoms with van der Waals surface area (Å²) in [4.78, 5) is 27.4. The number of ketones is 1. The van der Waals surface area contributed by atoms with E-state index in [1.165, 1.54) is 42.3 Å². The first-order valence-electron chi connectivity index (χ1n) is 9.47. The standard InChI is InChI=1S/C24H16Cl2FNO4/c1-32-19-11-6-15(26)12-18(19)22(29)20-21(13-2-4-14(25)5-3-13)28(24(31)23(20)30)17-9-7-16(27)8-10-17/h2-12,21,29H,1H3/b22-20+. The third-order valence-corrected chi connectivity index (χ3v) is 5.64. The van der Waals surface area contributed by atoms with Crippen molar-refractivity contribution in [3.63, 3.8) is 0 Å². The van der Waals surface area contributed by atoms with Crippen molar-refractivity contribution < 1.29 is 23.8 Å². The lowest BCUT2D eigenvalue weighted by atomic mass is 9.95. The Balaban J connectivity index is 1.98. The Bertz CT molecular complexity index is 1240. The van der Waals surface area contributed by atoms with Gasteiger partial charge in [0.15, 0.2) is 0 Å². The fourth-order valence-corrected chi connectivity index (χ4v) is 3.97. The van der Waals surface area contributed by atoms with E-state index in [9.17, 15) is 19.1 Å². The summed E-state index contributed by atoms with van der Waals surface area (Å²) >= 11 is 12.1. The summed E-state index contributed by atoms with van der Waals surface area (Å²) in [7, 11) is 1.41. The topological polar surface area (TPSA) is 66.8 Å². The Kier molecular flexibility index (Phi) is 5.91. The van der Waals surface area contributed by atoms with Crippen LogP contribution in [0.15, 0.2) is 72.3 Å². The number of halogens is 3. The lowest BCUT2D eigenvalue weighted by Crippen LogP contribution is -2.29. The van der Waals surface area contributed by atoms with Gasteiger partial charge in [0.1, 0.15) is 17.3 Å². The SMILES string of the molecule is COc1ccc(Cl)cc1/C(O)=C1\C(=O)C(=O)N(c2ccc(F)cc2)C1c1ccc(Cl)cc1. The summed E-state index contributed by atoms with van der Waals surface area (Å²) < 4.78 is 18.8. The van der Waals surface area contributed by atoms with Gasteiger partial charge in [0.2, 0.25) is 0 Å². The normalized spacial score (nSPS) is 17.6. The number of carbonyl (C=O) groups is 2. The lowest BCUT2D eigenvalue weighted by Gasteiger charge is -2.25. The van der Waals surface area contributed by atoms with Crippen LogP contribution in [0, 0.1) is 5.82 Å². The van der Waals surface area contributed by atoms with E-state index in [4.69, 9.17) is 27.9 Å². The monoisotopic (exact) mass is 471 g/mol. The molecule has 3 aromatic rings. The maximum absolute atomic E-state index is 13.5. The van der Waals surface area contributed by atoms with E-state index >= 15 is 0 Å². The van der Waals surface area contributed by atoms with Gasteiger partial charge >= 0.3 is 0 Å². The molecule has 0 spiro atoms. The van der Waals surface area contributed by atoms with Crippen LogP contribution in [0.3, 0.4) is 0 Å². The Morgan fingerprint density at radius 2 is 1.59 bits per heavy atom. The molecule has 5 nitrogen and oxygen atoms in total. The minimum Gasteiger partial charge on any atom is -0.507 e. The average molecular weight is 472 g/mol. The quantitative estimate of drug-likeness (QED) is 0.298. The molecule has 1 heterocycles. The second kappa shape index (κ2) is 8.65. The number of Topliss-reactive ketones (excluding diaryl/α,β-unsaturated/α-hetero) is 1. The smallest absolute Gasteiger partial charge is 0.300 e. The van der Waals surface area contributed by atoms with Crippen molar-refractivity contribution >= 4 is 46.3 Å². The van der Waals surface area contributed by atoms with E-state index in [0.717, 1.165) is 0 Å². The van der Waals surface area contributed by atoms with E-state index in [1.807, 2.05) is 0 Å². The van der Waals surface area contributed by atoms with E-state index in [-0.39, 0.29) is 16.9 Å². The summed E-state index contributed by atoms with van der Waals surface area (Å²) in [5.41, 5.74) is 0.837. The average Bonchev–Trinajstić information content (AvgIpc) is 3.05. The van der Waals surface area contributed by atoms with E-state index in [2.05, 4.69) is 0 Å². The van der Waals surface area contributed by atoms with Crippen LogP contribution >= 0.6 is 23.2 Å². The van der Waals surface area contributed by atoms with Gasteiger partial charge in [0.05, 0.1) is 24.3 Å². The molecule has 0 bridgehead atoms. The highest BCUT2D eigenvalue weighted by atomic mass is 35.5. The van der Waals surface area contributed by atoms with Gasteiger partial charge < -0.3 is 9.84 Å². The van der Waals surface area contributed by atoms with Gasteiger partial charge in [0, 0.05) is 15.7 Å². The van der Waals surface area contributed by atoms with Crippen LogP contribution in [0.5, 0.6) is 5.75 Å². The van der Waals surface area contributed by atoms with Crippen molar-refractivity contribution in [2.75, 3.05) is 12.0 Å². The number of rotatable bonds is 4. The molecule has 0 aliphatic carbocycles. The largest absolute Gasteiger partial charge is 0.507 e. The van der Waals surface area contributed by atoms with Gasteiger partial charge in [-0.1, -0.05) is 35.3 Å². The molecule has 0 aromatic heterocycles. The van der Waals surface area contributed by atoms with Crippen LogP contribution < -0.4 is 9.64 Å². The first-order valence-corrected chi connectivity index (χ1v) is 10.2. The number of benzene rings is 3. The predicted molar refractivity (Wildman–Crippen MR) is 121 cm³/mol. The van der Waals surface area contributed by atoms with Crippen molar-refractivity contribution in [1.29, 1.82) is 0 Å². The zero-order chi connectivity index (χ0) is 23.0.